The molecule has 0 saturated heterocycles. The van der Waals surface area contributed by atoms with E-state index in [0.29, 0.717) is 17.1 Å². The van der Waals surface area contributed by atoms with Crippen molar-refractivity contribution in [3.05, 3.63) is 40.6 Å². The molecule has 2 aromatic rings. The minimum atomic E-state index is -3.06. The smallest absolute Gasteiger partial charge is 0.160 e. The highest BCUT2D eigenvalue weighted by Crippen LogP contribution is 2.31. The fourth-order valence-electron chi connectivity index (χ4n) is 2.49. The van der Waals surface area contributed by atoms with Crippen molar-refractivity contribution in [2.24, 2.45) is 0 Å². The highest BCUT2D eigenvalue weighted by Gasteiger charge is 2.31. The average Bonchev–Trinajstić information content (AvgIpc) is 2.74. The molecular weight excluding hydrogens is 262 g/mol. The third kappa shape index (κ3) is 1.92. The van der Waals surface area contributed by atoms with Crippen molar-refractivity contribution in [1.29, 1.82) is 0 Å². The van der Waals surface area contributed by atoms with Gasteiger partial charge in [-0.3, -0.25) is 0 Å². The molecule has 0 radical (unpaired) electrons. The van der Waals surface area contributed by atoms with E-state index in [1.807, 2.05) is 26.0 Å². The Morgan fingerprint density at radius 1 is 1.26 bits per heavy atom. The lowest BCUT2D eigenvalue weighted by molar-refractivity contribution is 0.597. The molecule has 3 rings (SSSR count). The first-order valence-electron chi connectivity index (χ1n) is 6.02. The summed E-state index contributed by atoms with van der Waals surface area (Å²) in [6.45, 7) is 4.01. The summed E-state index contributed by atoms with van der Waals surface area (Å²) in [6, 6.07) is 6.00. The van der Waals surface area contributed by atoms with Crippen LogP contribution in [0.15, 0.2) is 18.2 Å². The third-order valence-electron chi connectivity index (χ3n) is 3.41. The minimum Gasteiger partial charge on any atom is -0.383 e. The topological polar surface area (TPSA) is 78.0 Å². The lowest BCUT2D eigenvalue weighted by Gasteiger charge is -2.09. The predicted molar refractivity (Wildman–Crippen MR) is 73.8 cm³/mol. The first-order chi connectivity index (χ1) is 8.87. The average molecular weight is 277 g/mol. The van der Waals surface area contributed by atoms with Crippen molar-refractivity contribution in [1.82, 2.24) is 9.78 Å². The predicted octanol–water partition coefficient (Wildman–Crippen LogP) is 1.50. The summed E-state index contributed by atoms with van der Waals surface area (Å²) in [7, 11) is -3.06. The molecule has 2 N–H and O–H groups in total. The maximum atomic E-state index is 11.6. The van der Waals surface area contributed by atoms with Crippen LogP contribution >= 0.6 is 0 Å². The molecule has 1 aliphatic heterocycles. The van der Waals surface area contributed by atoms with E-state index in [4.69, 9.17) is 5.73 Å². The van der Waals surface area contributed by atoms with Crippen LogP contribution in [0.25, 0.3) is 5.69 Å². The van der Waals surface area contributed by atoms with Gasteiger partial charge in [-0.05, 0) is 25.5 Å². The number of anilines is 1. The summed E-state index contributed by atoms with van der Waals surface area (Å²) in [5, 5.41) is 4.36. The van der Waals surface area contributed by atoms with E-state index >= 15 is 0 Å². The van der Waals surface area contributed by atoms with E-state index in [0.717, 1.165) is 11.3 Å². The molecule has 0 aliphatic carbocycles. The molecule has 1 aromatic heterocycles. The quantitative estimate of drug-likeness (QED) is 0.856. The first-order valence-corrected chi connectivity index (χ1v) is 7.84. The van der Waals surface area contributed by atoms with Gasteiger partial charge in [-0.2, -0.15) is 5.10 Å². The van der Waals surface area contributed by atoms with E-state index in [1.165, 1.54) is 5.56 Å². The van der Waals surface area contributed by atoms with Crippen LogP contribution in [-0.2, 0) is 21.3 Å². The van der Waals surface area contributed by atoms with Gasteiger partial charge >= 0.3 is 0 Å². The Bertz CT molecular complexity index is 775. The zero-order valence-electron chi connectivity index (χ0n) is 10.8. The normalized spacial score (nSPS) is 16.5. The zero-order chi connectivity index (χ0) is 13.8. The van der Waals surface area contributed by atoms with Crippen molar-refractivity contribution in [3.63, 3.8) is 0 Å². The Balaban J connectivity index is 2.15. The summed E-state index contributed by atoms with van der Waals surface area (Å²) < 4.78 is 24.8. The lowest BCUT2D eigenvalue weighted by Crippen LogP contribution is -2.08. The van der Waals surface area contributed by atoms with E-state index in [-0.39, 0.29) is 11.5 Å². The van der Waals surface area contributed by atoms with Gasteiger partial charge in [-0.15, -0.1) is 0 Å². The van der Waals surface area contributed by atoms with Gasteiger partial charge in [0.15, 0.2) is 9.84 Å². The molecule has 5 nitrogen and oxygen atoms in total. The number of aromatic nitrogens is 2. The van der Waals surface area contributed by atoms with Crippen LogP contribution in [0.5, 0.6) is 0 Å². The van der Waals surface area contributed by atoms with Crippen molar-refractivity contribution in [2.75, 3.05) is 5.73 Å². The summed E-state index contributed by atoms with van der Waals surface area (Å²) in [6.07, 6.45) is 0. The number of nitrogens with zero attached hydrogens (tertiary/aromatic N) is 2. The molecule has 100 valence electrons. The summed E-state index contributed by atoms with van der Waals surface area (Å²) in [4.78, 5) is 0. The van der Waals surface area contributed by atoms with Gasteiger partial charge in [-0.1, -0.05) is 17.7 Å². The zero-order valence-corrected chi connectivity index (χ0v) is 11.7. The van der Waals surface area contributed by atoms with Crippen LogP contribution in [0.2, 0.25) is 0 Å². The van der Waals surface area contributed by atoms with Gasteiger partial charge in [0.1, 0.15) is 5.82 Å². The molecule has 6 heteroatoms. The molecule has 2 heterocycles. The molecule has 0 bridgehead atoms. The van der Waals surface area contributed by atoms with Crippen LogP contribution in [0, 0.1) is 13.8 Å². The Labute approximate surface area is 112 Å². The molecule has 0 unspecified atom stereocenters. The molecule has 0 spiro atoms. The molecular formula is C13H15N3O2S. The molecule has 1 aromatic carbocycles. The second-order valence-electron chi connectivity index (χ2n) is 5.04. The molecule has 19 heavy (non-hydrogen) atoms. The Morgan fingerprint density at radius 2 is 2.00 bits per heavy atom. The largest absolute Gasteiger partial charge is 0.383 e. The molecule has 0 saturated carbocycles. The minimum absolute atomic E-state index is 0.000917. The molecule has 0 atom stereocenters. The Morgan fingerprint density at radius 3 is 2.63 bits per heavy atom. The Hall–Kier alpha value is -1.82. The van der Waals surface area contributed by atoms with E-state index < -0.39 is 9.84 Å². The van der Waals surface area contributed by atoms with Crippen molar-refractivity contribution >= 4 is 15.7 Å². The number of aryl methyl sites for hydroxylation is 2. The second kappa shape index (κ2) is 3.84. The van der Waals surface area contributed by atoms with Gasteiger partial charge in [0.05, 0.1) is 22.9 Å². The maximum Gasteiger partial charge on any atom is 0.160 e. The van der Waals surface area contributed by atoms with Gasteiger partial charge in [0, 0.05) is 5.56 Å². The van der Waals surface area contributed by atoms with E-state index in [1.54, 1.807) is 4.68 Å². The number of sulfone groups is 1. The van der Waals surface area contributed by atoms with Gasteiger partial charge in [-0.25, -0.2) is 13.1 Å². The maximum absolute atomic E-state index is 11.6. The number of rotatable bonds is 1. The van der Waals surface area contributed by atoms with E-state index in [9.17, 15) is 8.42 Å². The van der Waals surface area contributed by atoms with Gasteiger partial charge < -0.3 is 5.73 Å². The molecule has 1 aliphatic rings. The van der Waals surface area contributed by atoms with Gasteiger partial charge in [0.25, 0.3) is 0 Å². The van der Waals surface area contributed by atoms with Crippen molar-refractivity contribution < 1.29 is 8.42 Å². The monoisotopic (exact) mass is 277 g/mol. The third-order valence-corrected chi connectivity index (χ3v) is 4.85. The number of hydrogen-bond acceptors (Lipinski definition) is 4. The highest BCUT2D eigenvalue weighted by atomic mass is 32.2. The number of hydrogen-bond donors (Lipinski definition) is 1. The van der Waals surface area contributed by atoms with Crippen LogP contribution in [0.3, 0.4) is 0 Å². The second-order valence-corrected chi connectivity index (χ2v) is 7.11. The van der Waals surface area contributed by atoms with Crippen molar-refractivity contribution in [2.45, 2.75) is 25.4 Å². The van der Waals surface area contributed by atoms with Gasteiger partial charge in [0.2, 0.25) is 0 Å². The van der Waals surface area contributed by atoms with Crippen molar-refractivity contribution in [3.8, 4) is 5.69 Å². The fourth-order valence-corrected chi connectivity index (χ4v) is 3.99. The van der Waals surface area contributed by atoms with Crippen LogP contribution < -0.4 is 5.73 Å². The standard InChI is InChI=1S/C13H15N3O2S/c1-8-3-4-12(9(2)5-8)16-13(14)10-6-19(17,18)7-11(10)15-16/h3-5H,6-7,14H2,1-2H3. The molecule has 0 fully saturated rings. The Kier molecular flexibility index (Phi) is 2.47. The molecule has 0 amide bonds. The van der Waals surface area contributed by atoms with E-state index in [2.05, 4.69) is 11.2 Å². The lowest BCUT2D eigenvalue weighted by atomic mass is 10.1. The van der Waals surface area contributed by atoms with Crippen LogP contribution in [-0.4, -0.2) is 18.2 Å². The van der Waals surface area contributed by atoms with Crippen LogP contribution in [0.4, 0.5) is 5.82 Å². The SMILES string of the molecule is Cc1ccc(-n2nc3c(c2N)CS(=O)(=O)C3)c(C)c1. The number of nitrogen functional groups attached to an aromatic ring is 1. The number of nitrogens with two attached hydrogens (primary N) is 1. The van der Waals surface area contributed by atoms with Crippen LogP contribution in [0.1, 0.15) is 22.4 Å². The first kappa shape index (κ1) is 12.2. The summed E-state index contributed by atoms with van der Waals surface area (Å²) >= 11 is 0. The number of benzene rings is 1. The summed E-state index contributed by atoms with van der Waals surface area (Å²) in [5.41, 5.74) is 10.4. The highest BCUT2D eigenvalue weighted by molar-refractivity contribution is 7.90. The fraction of sp³-hybridized carbons (Fsp3) is 0.308. The summed E-state index contributed by atoms with van der Waals surface area (Å²) in [5.74, 6) is 0.423. The number of fused-ring (bicyclic) bond motifs is 1.